The Hall–Kier alpha value is -0.430. The third kappa shape index (κ3) is 4.06. The van der Waals surface area contributed by atoms with Crippen molar-refractivity contribution in [3.05, 3.63) is 15.1 Å². The fraction of sp³-hybridized carbons (Fsp3) is 0.750. The minimum absolute atomic E-state index is 0.00422. The van der Waals surface area contributed by atoms with Crippen molar-refractivity contribution >= 4 is 28.4 Å². The maximum atomic E-state index is 5.81. The molecule has 1 aliphatic rings. The lowest BCUT2D eigenvalue weighted by Crippen LogP contribution is -2.15. The Morgan fingerprint density at radius 3 is 2.52 bits per heavy atom. The number of nitrogens with one attached hydrogen (secondary N) is 1. The lowest BCUT2D eigenvalue weighted by Gasteiger charge is -2.20. The lowest BCUT2D eigenvalue weighted by molar-refractivity contribution is 0.0533. The van der Waals surface area contributed by atoms with Gasteiger partial charge >= 0.3 is 0 Å². The molecule has 1 N–H and O–H groups in total. The van der Waals surface area contributed by atoms with E-state index >= 15 is 0 Å². The SMILES string of the molecule is CCNc1nc(C(CC)OCC)nc(C2CCCC2)c1I. The van der Waals surface area contributed by atoms with Gasteiger partial charge in [0.2, 0.25) is 0 Å². The first-order valence-electron chi connectivity index (χ1n) is 8.13. The van der Waals surface area contributed by atoms with Gasteiger partial charge in [-0.1, -0.05) is 19.8 Å². The molecular weight excluding hydrogens is 377 g/mol. The van der Waals surface area contributed by atoms with Crippen LogP contribution in [0.1, 0.15) is 76.4 Å². The van der Waals surface area contributed by atoms with Gasteiger partial charge in [-0.25, -0.2) is 9.97 Å². The van der Waals surface area contributed by atoms with Crippen molar-refractivity contribution < 1.29 is 4.74 Å². The van der Waals surface area contributed by atoms with Crippen LogP contribution in [0, 0.1) is 3.57 Å². The standard InChI is InChI=1S/C16H26IN3O/c1-4-12(21-6-3)15-19-14(11-9-7-8-10-11)13(17)16(20-15)18-5-2/h11-12H,4-10H2,1-3H3,(H,18,19,20). The van der Waals surface area contributed by atoms with Crippen molar-refractivity contribution in [1.82, 2.24) is 9.97 Å². The van der Waals surface area contributed by atoms with Crippen molar-refractivity contribution in [1.29, 1.82) is 0 Å². The highest BCUT2D eigenvalue weighted by Gasteiger charge is 2.25. The van der Waals surface area contributed by atoms with Gasteiger partial charge in [0.1, 0.15) is 11.9 Å². The molecule has 0 amide bonds. The first kappa shape index (κ1) is 16.9. The number of hydrogen-bond acceptors (Lipinski definition) is 4. The summed E-state index contributed by atoms with van der Waals surface area (Å²) in [5.74, 6) is 2.41. The van der Waals surface area contributed by atoms with Crippen LogP contribution in [0.5, 0.6) is 0 Å². The molecule has 0 spiro atoms. The molecule has 1 aromatic rings. The molecule has 0 saturated heterocycles. The van der Waals surface area contributed by atoms with E-state index in [0.717, 1.165) is 24.6 Å². The summed E-state index contributed by atoms with van der Waals surface area (Å²) in [6, 6.07) is 0. The Balaban J connectivity index is 2.39. The summed E-state index contributed by atoms with van der Waals surface area (Å²) in [5, 5.41) is 3.39. The highest BCUT2D eigenvalue weighted by Crippen LogP contribution is 2.37. The molecule has 0 aromatic carbocycles. The highest BCUT2D eigenvalue weighted by atomic mass is 127. The number of nitrogens with zero attached hydrogens (tertiary/aromatic N) is 2. The van der Waals surface area contributed by atoms with Gasteiger partial charge in [-0.15, -0.1) is 0 Å². The number of anilines is 1. The van der Waals surface area contributed by atoms with Crippen LogP contribution in [-0.2, 0) is 4.74 Å². The molecule has 1 fully saturated rings. The molecule has 1 aromatic heterocycles. The molecule has 5 heteroatoms. The largest absolute Gasteiger partial charge is 0.371 e. The topological polar surface area (TPSA) is 47.0 Å². The van der Waals surface area contributed by atoms with E-state index in [9.17, 15) is 0 Å². The second-order valence-corrected chi connectivity index (χ2v) is 6.57. The zero-order valence-corrected chi connectivity index (χ0v) is 15.4. The van der Waals surface area contributed by atoms with Crippen LogP contribution in [0.25, 0.3) is 0 Å². The summed E-state index contributed by atoms with van der Waals surface area (Å²) in [5.41, 5.74) is 1.23. The fourth-order valence-corrected chi connectivity index (χ4v) is 3.83. The first-order valence-corrected chi connectivity index (χ1v) is 9.21. The van der Waals surface area contributed by atoms with Crippen molar-refractivity contribution in [2.75, 3.05) is 18.5 Å². The van der Waals surface area contributed by atoms with E-state index < -0.39 is 0 Å². The first-order chi connectivity index (χ1) is 10.2. The summed E-state index contributed by atoms with van der Waals surface area (Å²) >= 11 is 2.40. The van der Waals surface area contributed by atoms with Gasteiger partial charge in [0.25, 0.3) is 0 Å². The Morgan fingerprint density at radius 2 is 1.95 bits per heavy atom. The number of ether oxygens (including phenoxy) is 1. The van der Waals surface area contributed by atoms with E-state index in [1.807, 2.05) is 6.92 Å². The summed E-state index contributed by atoms with van der Waals surface area (Å²) in [6.07, 6.45) is 6.06. The van der Waals surface area contributed by atoms with Crippen LogP contribution in [0.15, 0.2) is 0 Å². The van der Waals surface area contributed by atoms with E-state index in [1.54, 1.807) is 0 Å². The summed E-state index contributed by atoms with van der Waals surface area (Å²) in [7, 11) is 0. The molecule has 1 atom stereocenters. The monoisotopic (exact) mass is 403 g/mol. The number of halogens is 1. The van der Waals surface area contributed by atoms with E-state index in [2.05, 4.69) is 41.8 Å². The van der Waals surface area contributed by atoms with Gasteiger partial charge in [-0.3, -0.25) is 0 Å². The molecule has 21 heavy (non-hydrogen) atoms. The molecular formula is C16H26IN3O. The third-order valence-electron chi connectivity index (χ3n) is 4.01. The molecule has 0 radical (unpaired) electrons. The summed E-state index contributed by atoms with van der Waals surface area (Å²) < 4.78 is 7.00. The fourth-order valence-electron chi connectivity index (χ4n) is 2.96. The van der Waals surface area contributed by atoms with Crippen LogP contribution in [0.2, 0.25) is 0 Å². The minimum Gasteiger partial charge on any atom is -0.371 e. The molecule has 0 aliphatic heterocycles. The van der Waals surface area contributed by atoms with Crippen molar-refractivity contribution in [2.24, 2.45) is 0 Å². The van der Waals surface area contributed by atoms with Gasteiger partial charge in [0.05, 0.1) is 9.26 Å². The normalized spacial score (nSPS) is 17.1. The van der Waals surface area contributed by atoms with E-state index in [-0.39, 0.29) is 6.10 Å². The Kier molecular flexibility index (Phi) is 6.67. The number of aromatic nitrogens is 2. The minimum atomic E-state index is 0.00422. The predicted octanol–water partition coefficient (Wildman–Crippen LogP) is 4.66. The quantitative estimate of drug-likeness (QED) is 0.673. The van der Waals surface area contributed by atoms with Crippen LogP contribution in [0.4, 0.5) is 5.82 Å². The van der Waals surface area contributed by atoms with Crippen molar-refractivity contribution in [2.45, 2.75) is 64.9 Å². The molecule has 1 heterocycles. The van der Waals surface area contributed by atoms with Crippen molar-refractivity contribution in [3.8, 4) is 0 Å². The summed E-state index contributed by atoms with van der Waals surface area (Å²) in [4.78, 5) is 9.63. The van der Waals surface area contributed by atoms with Gasteiger partial charge < -0.3 is 10.1 Å². The van der Waals surface area contributed by atoms with Crippen LogP contribution in [-0.4, -0.2) is 23.1 Å². The van der Waals surface area contributed by atoms with E-state index in [0.29, 0.717) is 12.5 Å². The molecule has 1 unspecified atom stereocenters. The van der Waals surface area contributed by atoms with Crippen molar-refractivity contribution in [3.63, 3.8) is 0 Å². The smallest absolute Gasteiger partial charge is 0.159 e. The van der Waals surface area contributed by atoms with Gasteiger partial charge in [0, 0.05) is 19.1 Å². The molecule has 1 aliphatic carbocycles. The zero-order chi connectivity index (χ0) is 15.2. The van der Waals surface area contributed by atoms with Crippen LogP contribution >= 0.6 is 22.6 Å². The average Bonchev–Trinajstić information content (AvgIpc) is 3.01. The third-order valence-corrected chi connectivity index (χ3v) is 5.07. The number of rotatable bonds is 7. The van der Waals surface area contributed by atoms with Gasteiger partial charge in [-0.05, 0) is 55.7 Å². The average molecular weight is 403 g/mol. The maximum absolute atomic E-state index is 5.81. The second kappa shape index (κ2) is 8.27. The van der Waals surface area contributed by atoms with E-state index in [1.165, 1.54) is 34.9 Å². The second-order valence-electron chi connectivity index (χ2n) is 5.49. The molecule has 1 saturated carbocycles. The van der Waals surface area contributed by atoms with Gasteiger partial charge in [0.15, 0.2) is 5.82 Å². The lowest BCUT2D eigenvalue weighted by atomic mass is 10.0. The van der Waals surface area contributed by atoms with Crippen LogP contribution < -0.4 is 5.32 Å². The highest BCUT2D eigenvalue weighted by molar-refractivity contribution is 14.1. The number of hydrogen-bond donors (Lipinski definition) is 1. The Morgan fingerprint density at radius 1 is 1.24 bits per heavy atom. The predicted molar refractivity (Wildman–Crippen MR) is 94.8 cm³/mol. The summed E-state index contributed by atoms with van der Waals surface area (Å²) in [6.45, 7) is 7.83. The zero-order valence-electron chi connectivity index (χ0n) is 13.3. The molecule has 4 nitrogen and oxygen atoms in total. The molecule has 0 bridgehead atoms. The molecule has 2 rings (SSSR count). The molecule has 118 valence electrons. The van der Waals surface area contributed by atoms with Crippen LogP contribution in [0.3, 0.4) is 0 Å². The van der Waals surface area contributed by atoms with Gasteiger partial charge in [-0.2, -0.15) is 0 Å². The Labute approximate surface area is 141 Å². The maximum Gasteiger partial charge on any atom is 0.159 e. The van der Waals surface area contributed by atoms with E-state index in [4.69, 9.17) is 14.7 Å². The Bertz CT molecular complexity index is 461.